The average Bonchev–Trinajstić information content (AvgIpc) is 3.28. The summed E-state index contributed by atoms with van der Waals surface area (Å²) in [5.41, 5.74) is 0. The van der Waals surface area contributed by atoms with Crippen LogP contribution in [0.3, 0.4) is 0 Å². The first-order valence-electron chi connectivity index (χ1n) is 26.6. The van der Waals surface area contributed by atoms with E-state index in [1.54, 1.807) is 21.1 Å². The van der Waals surface area contributed by atoms with Gasteiger partial charge in [0, 0.05) is 19.3 Å². The summed E-state index contributed by atoms with van der Waals surface area (Å²) in [5.74, 6) is -1.76. The van der Waals surface area contributed by atoms with Crippen molar-refractivity contribution in [3.05, 3.63) is 85.1 Å². The molecule has 2 unspecified atom stereocenters. The van der Waals surface area contributed by atoms with Crippen molar-refractivity contribution in [2.45, 2.75) is 225 Å². The van der Waals surface area contributed by atoms with Gasteiger partial charge in [0.15, 0.2) is 6.10 Å². The van der Waals surface area contributed by atoms with Gasteiger partial charge in [0.25, 0.3) is 0 Å². The third-order valence-electron chi connectivity index (χ3n) is 11.5. The minimum absolute atomic E-state index is 0.0312. The molecule has 0 fully saturated rings. The van der Waals surface area contributed by atoms with E-state index < -0.39 is 18.1 Å². The quantitative estimate of drug-likeness (QED) is 0.0197. The van der Waals surface area contributed by atoms with Crippen molar-refractivity contribution in [2.24, 2.45) is 0 Å². The van der Waals surface area contributed by atoms with Crippen LogP contribution in [0.5, 0.6) is 0 Å². The van der Waals surface area contributed by atoms with Gasteiger partial charge in [-0.15, -0.1) is 0 Å². The van der Waals surface area contributed by atoms with Gasteiger partial charge in [0.2, 0.25) is 0 Å². The van der Waals surface area contributed by atoms with Gasteiger partial charge in [-0.05, 0) is 83.5 Å². The second kappa shape index (κ2) is 48.0. The summed E-state index contributed by atoms with van der Waals surface area (Å²) in [6.45, 7) is 4.51. The van der Waals surface area contributed by atoms with Crippen molar-refractivity contribution in [1.82, 2.24) is 0 Å². The zero-order chi connectivity index (χ0) is 48.4. The number of unbranched alkanes of at least 4 members (excludes halogenated alkanes) is 20. The third kappa shape index (κ3) is 45.7. The first-order valence-corrected chi connectivity index (χ1v) is 26.6. The van der Waals surface area contributed by atoms with E-state index >= 15 is 0 Å². The van der Waals surface area contributed by atoms with E-state index in [1.165, 1.54) is 96.3 Å². The lowest BCUT2D eigenvalue weighted by atomic mass is 10.1. The van der Waals surface area contributed by atoms with Crippen molar-refractivity contribution in [2.75, 3.05) is 41.0 Å². The SMILES string of the molecule is CC/C=C/C/C=C/C/C=C/C/C=C/C/C=C/CCCCCCCCCC(=O)OC(COCCC(C(=O)[O-])[N+](C)(C)C)COC(=O)CCCCCCCCCCCC/C=C/C=C/CCCCC. The second-order valence-corrected chi connectivity index (χ2v) is 18.8. The highest BCUT2D eigenvalue weighted by molar-refractivity contribution is 5.70. The molecule has 8 heteroatoms. The summed E-state index contributed by atoms with van der Waals surface area (Å²) < 4.78 is 17.3. The molecular weight excluding hydrogens is 823 g/mol. The van der Waals surface area contributed by atoms with Gasteiger partial charge in [0.1, 0.15) is 12.6 Å². The molecule has 0 aromatic rings. The molecule has 0 bridgehead atoms. The highest BCUT2D eigenvalue weighted by Gasteiger charge is 2.25. The predicted molar refractivity (Wildman–Crippen MR) is 277 cm³/mol. The Morgan fingerprint density at radius 3 is 1.35 bits per heavy atom. The highest BCUT2D eigenvalue weighted by Crippen LogP contribution is 2.15. The van der Waals surface area contributed by atoms with Crippen molar-refractivity contribution in [1.29, 1.82) is 0 Å². The number of carbonyl (C=O) groups is 3. The molecule has 0 spiro atoms. The number of quaternary nitrogens is 1. The number of rotatable bonds is 47. The van der Waals surface area contributed by atoms with Crippen LogP contribution in [0.2, 0.25) is 0 Å². The maximum atomic E-state index is 12.8. The number of carboxylic acid groups (broad SMARTS) is 1. The van der Waals surface area contributed by atoms with E-state index in [0.29, 0.717) is 12.8 Å². The summed E-state index contributed by atoms with van der Waals surface area (Å²) >= 11 is 0. The molecule has 0 saturated heterocycles. The number of hydrogen-bond acceptors (Lipinski definition) is 7. The molecule has 0 N–H and O–H groups in total. The molecule has 0 amide bonds. The first kappa shape index (κ1) is 62.5. The summed E-state index contributed by atoms with van der Waals surface area (Å²) in [6.07, 6.45) is 63.2. The average molecular weight is 922 g/mol. The topological polar surface area (TPSA) is 102 Å². The molecule has 66 heavy (non-hydrogen) atoms. The van der Waals surface area contributed by atoms with Crippen molar-refractivity contribution < 1.29 is 38.2 Å². The minimum atomic E-state index is -1.13. The molecule has 0 aliphatic carbocycles. The van der Waals surface area contributed by atoms with E-state index in [2.05, 4.69) is 98.9 Å². The zero-order valence-electron chi connectivity index (χ0n) is 43.1. The fourth-order valence-electron chi connectivity index (χ4n) is 7.44. The van der Waals surface area contributed by atoms with Crippen LogP contribution < -0.4 is 5.11 Å². The monoisotopic (exact) mass is 922 g/mol. The smallest absolute Gasteiger partial charge is 0.306 e. The van der Waals surface area contributed by atoms with Gasteiger partial charge in [-0.1, -0.05) is 195 Å². The van der Waals surface area contributed by atoms with Crippen LogP contribution in [0.15, 0.2) is 85.1 Å². The highest BCUT2D eigenvalue weighted by atomic mass is 16.6. The van der Waals surface area contributed by atoms with E-state index in [-0.39, 0.29) is 42.7 Å². The Balaban J connectivity index is 4.27. The van der Waals surface area contributed by atoms with E-state index in [4.69, 9.17) is 14.2 Å². The summed E-state index contributed by atoms with van der Waals surface area (Å²) in [5, 5.41) is 11.7. The van der Waals surface area contributed by atoms with E-state index in [1.807, 2.05) is 0 Å². The molecule has 0 aliphatic heterocycles. The molecule has 2 atom stereocenters. The van der Waals surface area contributed by atoms with Gasteiger partial charge in [-0.2, -0.15) is 0 Å². The van der Waals surface area contributed by atoms with Crippen molar-refractivity contribution >= 4 is 17.9 Å². The number of carbonyl (C=O) groups excluding carboxylic acids is 3. The fraction of sp³-hybridized carbons (Fsp3) is 0.707. The molecule has 0 aromatic carbocycles. The minimum Gasteiger partial charge on any atom is -0.544 e. The number of hydrogen-bond donors (Lipinski definition) is 0. The molecule has 0 heterocycles. The lowest BCUT2D eigenvalue weighted by Gasteiger charge is -2.34. The number of likely N-dealkylation sites (N-methyl/N-ethyl adjacent to an activating group) is 1. The van der Waals surface area contributed by atoms with Crippen LogP contribution in [-0.2, 0) is 28.6 Å². The van der Waals surface area contributed by atoms with Crippen molar-refractivity contribution in [3.8, 4) is 0 Å². The van der Waals surface area contributed by atoms with Crippen LogP contribution in [0, 0.1) is 0 Å². The number of nitrogens with zero attached hydrogens (tertiary/aromatic N) is 1. The molecule has 378 valence electrons. The van der Waals surface area contributed by atoms with Gasteiger partial charge in [-0.3, -0.25) is 9.59 Å². The first-order chi connectivity index (χ1) is 32.1. The van der Waals surface area contributed by atoms with Crippen LogP contribution in [0.25, 0.3) is 0 Å². The second-order valence-electron chi connectivity index (χ2n) is 18.8. The number of carboxylic acids is 1. The van der Waals surface area contributed by atoms with E-state index in [9.17, 15) is 19.5 Å². The van der Waals surface area contributed by atoms with Gasteiger partial charge >= 0.3 is 11.9 Å². The number of esters is 2. The molecule has 0 rings (SSSR count). The molecule has 0 aromatic heterocycles. The Morgan fingerprint density at radius 2 is 0.894 bits per heavy atom. The summed E-state index contributed by atoms with van der Waals surface area (Å²) in [4.78, 5) is 37.1. The Hall–Kier alpha value is -3.49. The fourth-order valence-corrected chi connectivity index (χ4v) is 7.44. The third-order valence-corrected chi connectivity index (χ3v) is 11.5. The predicted octanol–water partition coefficient (Wildman–Crippen LogP) is 14.3. The normalized spacial score (nSPS) is 13.5. The summed E-state index contributed by atoms with van der Waals surface area (Å²) in [7, 11) is 5.41. The molecule has 0 aliphatic rings. The largest absolute Gasteiger partial charge is 0.544 e. The molecule has 0 saturated carbocycles. The molecular formula is C58H99NO7. The van der Waals surface area contributed by atoms with Gasteiger partial charge in [0.05, 0.1) is 40.3 Å². The zero-order valence-corrected chi connectivity index (χ0v) is 43.1. The Kier molecular flexibility index (Phi) is 45.4. The number of aliphatic carboxylic acids is 1. The van der Waals surface area contributed by atoms with E-state index in [0.717, 1.165) is 83.5 Å². The van der Waals surface area contributed by atoms with Crippen LogP contribution in [0.4, 0.5) is 0 Å². The number of allylic oxidation sites excluding steroid dienone is 14. The standard InChI is InChI=1S/C58H99NO7/c1-6-8-10-12-14-16-18-20-22-24-26-27-28-29-31-33-35-37-39-41-43-45-47-49-57(61)66-54(52-64-51-50-55(58(62)63)59(3,4)5)53-65-56(60)48-46-44-42-40-38-36-34-32-30-25-23-21-19-17-15-13-11-9-7-2/h8,10,14-17,19-22,26-27,29,31,54-55H,6-7,9,11-13,18,23-25,28,30,32-53H2,1-5H3/b10-8+,16-14+,17-15+,21-19+,22-20+,27-26+,31-29+. The lowest BCUT2D eigenvalue weighted by molar-refractivity contribution is -0.889. The number of ether oxygens (including phenoxy) is 3. The Bertz CT molecular complexity index is 1350. The van der Waals surface area contributed by atoms with Crippen LogP contribution in [-0.4, -0.2) is 75.5 Å². The maximum absolute atomic E-state index is 12.8. The van der Waals surface area contributed by atoms with Crippen LogP contribution >= 0.6 is 0 Å². The molecule has 0 radical (unpaired) electrons. The maximum Gasteiger partial charge on any atom is 0.306 e. The van der Waals surface area contributed by atoms with Gasteiger partial charge in [-0.25, -0.2) is 0 Å². The lowest BCUT2D eigenvalue weighted by Crippen LogP contribution is -2.55. The van der Waals surface area contributed by atoms with Crippen LogP contribution in [0.1, 0.15) is 213 Å². The van der Waals surface area contributed by atoms with Gasteiger partial charge < -0.3 is 28.6 Å². The Morgan fingerprint density at radius 1 is 0.485 bits per heavy atom. The Labute approximate surface area is 405 Å². The van der Waals surface area contributed by atoms with Crippen molar-refractivity contribution in [3.63, 3.8) is 0 Å². The molecule has 8 nitrogen and oxygen atoms in total. The summed E-state index contributed by atoms with van der Waals surface area (Å²) in [6, 6.07) is -0.733.